The summed E-state index contributed by atoms with van der Waals surface area (Å²) in [4.78, 5) is 20.7. The van der Waals surface area contributed by atoms with Gasteiger partial charge in [0.25, 0.3) is 0 Å². The second kappa shape index (κ2) is 3.23. The lowest BCUT2D eigenvalue weighted by atomic mass is 10.1. The number of amides is 2. The Morgan fingerprint density at radius 3 is 2.09 bits per heavy atom. The van der Waals surface area contributed by atoms with Crippen molar-refractivity contribution in [2.75, 3.05) is 0 Å². The molecule has 0 saturated carbocycles. The highest BCUT2D eigenvalue weighted by Gasteiger charge is 2.15. The molecule has 0 bridgehead atoms. The maximum absolute atomic E-state index is 10.6. The van der Waals surface area contributed by atoms with Crippen molar-refractivity contribution in [1.82, 2.24) is 5.32 Å². The average Bonchev–Trinajstić information content (AvgIpc) is 1.53. The number of primary amides is 1. The van der Waals surface area contributed by atoms with Crippen LogP contribution < -0.4 is 11.1 Å². The van der Waals surface area contributed by atoms with Crippen molar-refractivity contribution >= 4 is 12.2 Å². The highest BCUT2D eigenvalue weighted by molar-refractivity contribution is 5.82. The number of hydrogen-bond acceptors (Lipinski definition) is 3. The first-order valence-corrected chi connectivity index (χ1v) is 3.11. The van der Waals surface area contributed by atoms with E-state index in [0.29, 0.717) is 0 Å². The summed E-state index contributed by atoms with van der Waals surface area (Å²) >= 11 is 0. The molecule has 5 nitrogen and oxygen atoms in total. The van der Waals surface area contributed by atoms with Crippen molar-refractivity contribution in [3.05, 3.63) is 0 Å². The molecular weight excluding hydrogens is 148 g/mol. The van der Waals surface area contributed by atoms with Gasteiger partial charge in [-0.3, -0.25) is 0 Å². The maximum Gasteiger partial charge on any atom is 0.416 e. The monoisotopic (exact) mass is 160 g/mol. The number of nitrogens with one attached hydrogen (secondary N) is 1. The van der Waals surface area contributed by atoms with Gasteiger partial charge in [-0.05, 0) is 20.8 Å². The van der Waals surface area contributed by atoms with Gasteiger partial charge < -0.3 is 15.8 Å². The van der Waals surface area contributed by atoms with Gasteiger partial charge >= 0.3 is 12.2 Å². The van der Waals surface area contributed by atoms with Crippen molar-refractivity contribution in [3.8, 4) is 0 Å². The van der Waals surface area contributed by atoms with Gasteiger partial charge in [-0.1, -0.05) is 0 Å². The Hall–Kier alpha value is -1.26. The molecule has 0 heterocycles. The lowest BCUT2D eigenvalue weighted by molar-refractivity contribution is 0.151. The van der Waals surface area contributed by atoms with E-state index in [2.05, 4.69) is 15.8 Å². The summed E-state index contributed by atoms with van der Waals surface area (Å²) in [5.41, 5.74) is 4.17. The Balaban J connectivity index is 3.80. The lowest BCUT2D eigenvalue weighted by Crippen LogP contribution is -2.42. The van der Waals surface area contributed by atoms with Crippen LogP contribution in [0.15, 0.2) is 0 Å². The molecule has 0 radical (unpaired) electrons. The first-order chi connectivity index (χ1) is 4.81. The van der Waals surface area contributed by atoms with Crippen LogP contribution in [0.3, 0.4) is 0 Å². The minimum atomic E-state index is -1.10. The van der Waals surface area contributed by atoms with Crippen LogP contribution >= 0.6 is 0 Å². The Morgan fingerprint density at radius 1 is 1.36 bits per heavy atom. The zero-order chi connectivity index (χ0) is 9.07. The molecule has 0 aromatic heterocycles. The smallest absolute Gasteiger partial charge is 0.360 e. The van der Waals surface area contributed by atoms with Gasteiger partial charge in [0.05, 0.1) is 0 Å². The second-order valence-electron chi connectivity index (χ2n) is 3.08. The van der Waals surface area contributed by atoms with Gasteiger partial charge in [0.15, 0.2) is 0 Å². The highest BCUT2D eigenvalue weighted by Crippen LogP contribution is 1.98. The molecule has 0 rings (SSSR count). The number of hydrogen-bond donors (Lipinski definition) is 2. The molecule has 0 unspecified atom stereocenters. The van der Waals surface area contributed by atoms with Gasteiger partial charge in [-0.25, -0.2) is 9.59 Å². The van der Waals surface area contributed by atoms with E-state index in [1.54, 1.807) is 20.8 Å². The molecule has 0 aliphatic rings. The molecule has 0 saturated heterocycles. The summed E-state index contributed by atoms with van der Waals surface area (Å²) in [7, 11) is 0. The highest BCUT2D eigenvalue weighted by atomic mass is 16.6. The SMILES string of the molecule is CC(C)(C)NC(=O)OC(N)=O. The molecule has 64 valence electrons. The van der Waals surface area contributed by atoms with E-state index >= 15 is 0 Å². The fourth-order valence-corrected chi connectivity index (χ4v) is 0.423. The number of ether oxygens (including phenoxy) is 1. The summed E-state index contributed by atoms with van der Waals surface area (Å²) in [5.74, 6) is 0. The van der Waals surface area contributed by atoms with Crippen LogP contribution in [0, 0.1) is 0 Å². The molecule has 11 heavy (non-hydrogen) atoms. The van der Waals surface area contributed by atoms with Gasteiger partial charge in [0.2, 0.25) is 0 Å². The van der Waals surface area contributed by atoms with Crippen molar-refractivity contribution < 1.29 is 14.3 Å². The van der Waals surface area contributed by atoms with Crippen molar-refractivity contribution in [1.29, 1.82) is 0 Å². The molecule has 0 fully saturated rings. The van der Waals surface area contributed by atoms with Gasteiger partial charge in [0, 0.05) is 5.54 Å². The largest absolute Gasteiger partial charge is 0.416 e. The molecular formula is C6H12N2O3. The third kappa shape index (κ3) is 6.63. The molecule has 0 atom stereocenters. The summed E-state index contributed by atoms with van der Waals surface area (Å²) in [5, 5.41) is 2.39. The Bertz CT molecular complexity index is 171. The molecule has 0 spiro atoms. The topological polar surface area (TPSA) is 81.4 Å². The van der Waals surface area contributed by atoms with Crippen LogP contribution in [0.5, 0.6) is 0 Å². The standard InChI is InChI=1S/C6H12N2O3/c1-6(2,3)8-5(10)11-4(7)9/h1-3H3,(H2,7,9)(H,8,10). The second-order valence-corrected chi connectivity index (χ2v) is 3.08. The van der Waals surface area contributed by atoms with E-state index in [-0.39, 0.29) is 0 Å². The first kappa shape index (κ1) is 9.74. The van der Waals surface area contributed by atoms with E-state index in [0.717, 1.165) is 0 Å². The fourth-order valence-electron chi connectivity index (χ4n) is 0.423. The van der Waals surface area contributed by atoms with Gasteiger partial charge in [-0.15, -0.1) is 0 Å². The van der Waals surface area contributed by atoms with Gasteiger partial charge in [0.1, 0.15) is 0 Å². The number of nitrogens with two attached hydrogens (primary N) is 1. The zero-order valence-electron chi connectivity index (χ0n) is 6.80. The third-order valence-corrected chi connectivity index (χ3v) is 0.670. The summed E-state index contributed by atoms with van der Waals surface area (Å²) in [6.45, 7) is 5.28. The number of alkyl carbamates (subject to hydrolysis) is 1. The third-order valence-electron chi connectivity index (χ3n) is 0.670. The van der Waals surface area contributed by atoms with E-state index in [4.69, 9.17) is 0 Å². The fraction of sp³-hybridized carbons (Fsp3) is 0.667. The quantitative estimate of drug-likeness (QED) is 0.509. The Kier molecular flexibility index (Phi) is 2.86. The molecule has 0 aromatic carbocycles. The lowest BCUT2D eigenvalue weighted by Gasteiger charge is -2.18. The van der Waals surface area contributed by atoms with Crippen LogP contribution in [0.4, 0.5) is 9.59 Å². The van der Waals surface area contributed by atoms with Crippen LogP contribution in [0.2, 0.25) is 0 Å². The molecule has 2 amide bonds. The van der Waals surface area contributed by atoms with Crippen molar-refractivity contribution in [3.63, 3.8) is 0 Å². The minimum absolute atomic E-state index is 0.424. The number of carbonyl (C=O) groups is 2. The normalized spacial score (nSPS) is 10.5. The number of rotatable bonds is 0. The van der Waals surface area contributed by atoms with Crippen LogP contribution in [-0.2, 0) is 4.74 Å². The molecule has 5 heteroatoms. The molecule has 3 N–H and O–H groups in total. The zero-order valence-corrected chi connectivity index (χ0v) is 6.80. The van der Waals surface area contributed by atoms with Gasteiger partial charge in [-0.2, -0.15) is 0 Å². The first-order valence-electron chi connectivity index (χ1n) is 3.11. The predicted molar refractivity (Wildman–Crippen MR) is 39.0 cm³/mol. The summed E-state index contributed by atoms with van der Waals surface area (Å²) in [6.07, 6.45) is -1.93. The van der Waals surface area contributed by atoms with E-state index in [1.165, 1.54) is 0 Å². The van der Waals surface area contributed by atoms with E-state index < -0.39 is 17.7 Å². The predicted octanol–water partition coefficient (Wildman–Crippen LogP) is 0.590. The van der Waals surface area contributed by atoms with E-state index in [1.807, 2.05) is 0 Å². The number of carbonyl (C=O) groups excluding carboxylic acids is 2. The molecule has 0 aliphatic heterocycles. The molecule has 0 aromatic rings. The average molecular weight is 160 g/mol. The summed E-state index contributed by atoms with van der Waals surface area (Å²) < 4.78 is 4.02. The minimum Gasteiger partial charge on any atom is -0.360 e. The Labute approximate surface area is 64.9 Å². The van der Waals surface area contributed by atoms with Crippen molar-refractivity contribution in [2.24, 2.45) is 5.73 Å². The molecule has 0 aliphatic carbocycles. The Morgan fingerprint density at radius 2 is 1.82 bits per heavy atom. The maximum atomic E-state index is 10.6. The van der Waals surface area contributed by atoms with Crippen LogP contribution in [0.25, 0.3) is 0 Å². The van der Waals surface area contributed by atoms with Crippen LogP contribution in [-0.4, -0.2) is 17.7 Å². The van der Waals surface area contributed by atoms with E-state index in [9.17, 15) is 9.59 Å². The van der Waals surface area contributed by atoms with Crippen molar-refractivity contribution in [2.45, 2.75) is 26.3 Å². The van der Waals surface area contributed by atoms with Crippen LogP contribution in [0.1, 0.15) is 20.8 Å². The summed E-state index contributed by atoms with van der Waals surface area (Å²) in [6, 6.07) is 0.